The molecule has 4 atom stereocenters. The quantitative estimate of drug-likeness (QED) is 0.202. The zero-order chi connectivity index (χ0) is 25.3. The fourth-order valence-electron chi connectivity index (χ4n) is 4.20. The average molecular weight is 520 g/mol. The number of carbonyl (C=O) groups is 4. The molecule has 0 bridgehead atoms. The van der Waals surface area contributed by atoms with E-state index in [1.807, 2.05) is 0 Å². The molecule has 2 aliphatic rings. The summed E-state index contributed by atoms with van der Waals surface area (Å²) >= 11 is 12.4. The maximum absolute atomic E-state index is 12.8. The summed E-state index contributed by atoms with van der Waals surface area (Å²) in [7, 11) is 0. The number of esters is 1. The third kappa shape index (κ3) is 5.13. The summed E-state index contributed by atoms with van der Waals surface area (Å²) in [5, 5.41) is 12.5. The number of ether oxygens (including phenoxy) is 1. The summed E-state index contributed by atoms with van der Waals surface area (Å²) in [4.78, 5) is 61.3. The van der Waals surface area contributed by atoms with E-state index in [0.29, 0.717) is 18.5 Å². The van der Waals surface area contributed by atoms with E-state index < -0.39 is 35.2 Å². The van der Waals surface area contributed by atoms with Gasteiger partial charge in [-0.3, -0.25) is 29.4 Å². The summed E-state index contributed by atoms with van der Waals surface area (Å²) < 4.78 is 4.99. The fourth-order valence-corrected chi connectivity index (χ4v) is 4.79. The highest BCUT2D eigenvalue weighted by atomic mass is 35.5. The number of imide groups is 1. The van der Waals surface area contributed by atoms with Crippen molar-refractivity contribution in [3.63, 3.8) is 0 Å². The van der Waals surface area contributed by atoms with Crippen LogP contribution in [0.15, 0.2) is 48.5 Å². The third-order valence-corrected chi connectivity index (χ3v) is 7.04. The van der Waals surface area contributed by atoms with Crippen molar-refractivity contribution in [2.45, 2.75) is 23.6 Å². The second kappa shape index (κ2) is 10.0. The molecule has 1 saturated heterocycles. The van der Waals surface area contributed by atoms with Gasteiger partial charge in [0.25, 0.3) is 11.6 Å². The highest BCUT2D eigenvalue weighted by Gasteiger charge is 2.52. The molecule has 35 heavy (non-hydrogen) atoms. The van der Waals surface area contributed by atoms with Gasteiger partial charge >= 0.3 is 5.97 Å². The zero-order valence-electron chi connectivity index (χ0n) is 18.1. The molecule has 4 rings (SSSR count). The van der Waals surface area contributed by atoms with Crippen LogP contribution in [0.1, 0.15) is 23.2 Å². The van der Waals surface area contributed by atoms with Crippen molar-refractivity contribution in [2.75, 3.05) is 16.8 Å². The Balaban J connectivity index is 1.36. The molecule has 10 nitrogen and oxygen atoms in total. The SMILES string of the molecule is O=C(COC(=O)c1ccc(N2C(=O)[C@@H]3C[C@H](Cl)[C@@H](Cl)C[C@H]3C2=O)cc1)Nc1cccc([N+](=O)[O-])c1. The number of nitrogens with one attached hydrogen (secondary N) is 1. The molecule has 0 aromatic heterocycles. The van der Waals surface area contributed by atoms with Crippen molar-refractivity contribution >= 4 is 64.0 Å². The van der Waals surface area contributed by atoms with E-state index in [2.05, 4.69) is 5.32 Å². The van der Waals surface area contributed by atoms with Gasteiger partial charge in [-0.05, 0) is 43.2 Å². The lowest BCUT2D eigenvalue weighted by molar-refractivity contribution is -0.384. The molecule has 0 unspecified atom stereocenters. The lowest BCUT2D eigenvalue weighted by atomic mass is 9.80. The van der Waals surface area contributed by atoms with Gasteiger partial charge in [-0.1, -0.05) is 6.07 Å². The standard InChI is InChI=1S/C23H19Cl2N3O7/c24-18-9-16-17(10-19(18)25)22(31)27(21(16)30)14-6-4-12(5-7-14)23(32)35-11-20(29)26-13-2-1-3-15(8-13)28(33)34/h1-8,16-19H,9-11H2,(H,26,29)/t16-,17-,18+,19+/m1/s1. The first kappa shape index (κ1) is 24.6. The van der Waals surface area contributed by atoms with Crippen LogP contribution in [0.5, 0.6) is 0 Å². The van der Waals surface area contributed by atoms with Gasteiger partial charge in [-0.15, -0.1) is 23.2 Å². The number of non-ortho nitro benzene ring substituents is 1. The van der Waals surface area contributed by atoms with Gasteiger partial charge in [0, 0.05) is 17.8 Å². The Labute approximate surface area is 209 Å². The van der Waals surface area contributed by atoms with Gasteiger partial charge in [0.15, 0.2) is 6.61 Å². The normalized spacial score (nSPS) is 23.5. The van der Waals surface area contributed by atoms with Gasteiger partial charge in [0.1, 0.15) is 0 Å². The van der Waals surface area contributed by atoms with E-state index in [1.165, 1.54) is 48.5 Å². The van der Waals surface area contributed by atoms with E-state index in [-0.39, 0.29) is 39.5 Å². The molecule has 1 heterocycles. The molecule has 1 aliphatic heterocycles. The van der Waals surface area contributed by atoms with Crippen molar-refractivity contribution in [1.29, 1.82) is 0 Å². The molecule has 12 heteroatoms. The number of nitro groups is 1. The smallest absolute Gasteiger partial charge is 0.338 e. The number of halogens is 2. The number of hydrogen-bond donors (Lipinski definition) is 1. The first-order chi connectivity index (χ1) is 16.7. The molecule has 0 spiro atoms. The minimum atomic E-state index is -0.798. The molecule has 2 aromatic carbocycles. The monoisotopic (exact) mass is 519 g/mol. The molecule has 0 radical (unpaired) electrons. The largest absolute Gasteiger partial charge is 0.452 e. The summed E-state index contributed by atoms with van der Waals surface area (Å²) in [6.07, 6.45) is 0.647. The van der Waals surface area contributed by atoms with Crippen LogP contribution in [-0.2, 0) is 19.1 Å². The van der Waals surface area contributed by atoms with Crippen LogP contribution in [0, 0.1) is 22.0 Å². The molecule has 2 aromatic rings. The Kier molecular flexibility index (Phi) is 7.04. The second-order valence-electron chi connectivity index (χ2n) is 8.21. The number of hydrogen-bond acceptors (Lipinski definition) is 7. The number of amides is 3. The summed E-state index contributed by atoms with van der Waals surface area (Å²) in [6.45, 7) is -0.616. The molecule has 2 fully saturated rings. The Morgan fingerprint density at radius 1 is 1.03 bits per heavy atom. The summed E-state index contributed by atoms with van der Waals surface area (Å²) in [6, 6.07) is 11.0. The van der Waals surface area contributed by atoms with Crippen molar-refractivity contribution < 1.29 is 28.8 Å². The Morgan fingerprint density at radius 2 is 1.63 bits per heavy atom. The summed E-state index contributed by atoms with van der Waals surface area (Å²) in [5.41, 5.74) is 0.409. The number of benzene rings is 2. The van der Waals surface area contributed by atoms with Crippen LogP contribution < -0.4 is 10.2 Å². The van der Waals surface area contributed by atoms with Gasteiger partial charge in [0.05, 0.1) is 38.8 Å². The minimum Gasteiger partial charge on any atom is -0.452 e. The Hall–Kier alpha value is -3.50. The lowest BCUT2D eigenvalue weighted by Crippen LogP contribution is -2.34. The summed E-state index contributed by atoms with van der Waals surface area (Å²) in [5.74, 6) is -3.21. The minimum absolute atomic E-state index is 0.107. The Bertz CT molecular complexity index is 1180. The van der Waals surface area contributed by atoms with Crippen molar-refractivity contribution in [3.8, 4) is 0 Å². The van der Waals surface area contributed by atoms with E-state index in [9.17, 15) is 29.3 Å². The number of nitro benzene ring substituents is 1. The van der Waals surface area contributed by atoms with Gasteiger partial charge in [-0.25, -0.2) is 4.79 Å². The fraction of sp³-hybridized carbons (Fsp3) is 0.304. The number of anilines is 2. The molecular weight excluding hydrogens is 501 g/mol. The maximum Gasteiger partial charge on any atom is 0.338 e. The third-order valence-electron chi connectivity index (χ3n) is 5.95. The number of nitrogens with zero attached hydrogens (tertiary/aromatic N) is 2. The number of fused-ring (bicyclic) bond motifs is 1. The Morgan fingerprint density at radius 3 is 2.20 bits per heavy atom. The highest BCUT2D eigenvalue weighted by Crippen LogP contribution is 2.43. The van der Waals surface area contributed by atoms with Crippen LogP contribution in [-0.4, -0.2) is 46.0 Å². The molecule has 1 N–H and O–H groups in total. The van der Waals surface area contributed by atoms with Crippen molar-refractivity contribution in [1.82, 2.24) is 0 Å². The van der Waals surface area contributed by atoms with Gasteiger partial charge in [0.2, 0.25) is 11.8 Å². The average Bonchev–Trinajstić information content (AvgIpc) is 3.07. The first-order valence-corrected chi connectivity index (χ1v) is 11.5. The zero-order valence-corrected chi connectivity index (χ0v) is 19.6. The highest BCUT2D eigenvalue weighted by molar-refractivity contribution is 6.31. The topological polar surface area (TPSA) is 136 Å². The van der Waals surface area contributed by atoms with E-state index in [1.54, 1.807) is 0 Å². The first-order valence-electron chi connectivity index (χ1n) is 10.6. The predicted octanol–water partition coefficient (Wildman–Crippen LogP) is 3.50. The van der Waals surface area contributed by atoms with E-state index in [4.69, 9.17) is 27.9 Å². The van der Waals surface area contributed by atoms with E-state index >= 15 is 0 Å². The van der Waals surface area contributed by atoms with Crippen molar-refractivity contribution in [2.24, 2.45) is 11.8 Å². The van der Waals surface area contributed by atoms with E-state index in [0.717, 1.165) is 4.90 Å². The second-order valence-corrected chi connectivity index (χ2v) is 9.33. The molecule has 182 valence electrons. The number of carbonyl (C=O) groups excluding carboxylic acids is 4. The molecular formula is C23H19Cl2N3O7. The maximum atomic E-state index is 12.8. The van der Waals surface area contributed by atoms with Crippen LogP contribution in [0.3, 0.4) is 0 Å². The molecule has 3 amide bonds. The van der Waals surface area contributed by atoms with Gasteiger partial charge in [-0.2, -0.15) is 0 Å². The van der Waals surface area contributed by atoms with Crippen molar-refractivity contribution in [3.05, 3.63) is 64.2 Å². The van der Waals surface area contributed by atoms with Crippen LogP contribution in [0.2, 0.25) is 0 Å². The molecule has 1 aliphatic carbocycles. The molecule has 1 saturated carbocycles. The van der Waals surface area contributed by atoms with Crippen LogP contribution in [0.4, 0.5) is 17.1 Å². The van der Waals surface area contributed by atoms with Crippen LogP contribution in [0.25, 0.3) is 0 Å². The predicted molar refractivity (Wildman–Crippen MR) is 126 cm³/mol. The lowest BCUT2D eigenvalue weighted by Gasteiger charge is -2.28. The number of rotatable bonds is 6. The van der Waals surface area contributed by atoms with Gasteiger partial charge < -0.3 is 10.1 Å². The number of alkyl halides is 2. The van der Waals surface area contributed by atoms with Crippen LogP contribution >= 0.6 is 23.2 Å².